The van der Waals surface area contributed by atoms with Gasteiger partial charge in [-0.05, 0) is 24.0 Å². The van der Waals surface area contributed by atoms with Crippen molar-refractivity contribution in [1.82, 2.24) is 24.8 Å². The summed E-state index contributed by atoms with van der Waals surface area (Å²) < 4.78 is 3.27. The van der Waals surface area contributed by atoms with Crippen LogP contribution in [-0.2, 0) is 37.1 Å². The molecule has 2 unspecified atom stereocenters. The standard InChI is InChI=1S/C24H24ClN9O8S2/c1-9(21(38)39)42-31-13(12-16(25)44-24(27)29-12)18(36)28-14-19(37)34-15(22(40)41)10(8-43-20(14)34)7-32-4-2-3-11-17(32)30-23(26)33(11)5-6-35/h2-4,9,14,20,26,35H,5-8H2,1H3,(H5,27,28,29,36,38,39,40,41)/b31-13-/t9-,14?,20?/m0/s1. The number of carboxylic acid groups (broad SMARTS) is 2. The predicted octanol–water partition coefficient (Wildman–Crippen LogP) is -2.11. The van der Waals surface area contributed by atoms with Gasteiger partial charge in [-0.25, -0.2) is 14.3 Å². The third-order valence-corrected chi connectivity index (χ3v) is 9.14. The summed E-state index contributed by atoms with van der Waals surface area (Å²) in [4.78, 5) is 64.3. The molecule has 0 aromatic carbocycles. The topological polar surface area (TPSA) is 255 Å². The van der Waals surface area contributed by atoms with E-state index in [-0.39, 0.29) is 52.3 Å². The first-order valence-electron chi connectivity index (χ1n) is 12.8. The fourth-order valence-corrected chi connectivity index (χ4v) is 6.92. The number of nitrogens with one attached hydrogen (secondary N) is 1. The number of aliphatic carboxylic acids is 2. The maximum atomic E-state index is 13.3. The first-order valence-corrected chi connectivity index (χ1v) is 15.0. The van der Waals surface area contributed by atoms with E-state index >= 15 is 0 Å². The van der Waals surface area contributed by atoms with E-state index in [9.17, 15) is 29.4 Å². The number of thiazole rings is 1. The Morgan fingerprint density at radius 3 is 2.75 bits per heavy atom. The number of aromatic nitrogens is 4. The summed E-state index contributed by atoms with van der Waals surface area (Å²) in [6.45, 7) is 1.27. The molecule has 5 rings (SSSR count). The van der Waals surface area contributed by atoms with Gasteiger partial charge in [0.1, 0.15) is 33.5 Å². The number of fused-ring (bicyclic) bond motifs is 2. The molecule has 0 bridgehead atoms. The Kier molecular flexibility index (Phi) is 8.64. The van der Waals surface area contributed by atoms with Gasteiger partial charge < -0.3 is 41.7 Å². The molecule has 0 spiro atoms. The maximum Gasteiger partial charge on any atom is 0.351 e. The number of aliphatic hydroxyl groups excluding tert-OH is 1. The number of anilines is 2. The fraction of sp³-hybridized carbons (Fsp3) is 0.333. The van der Waals surface area contributed by atoms with Gasteiger partial charge in [0.2, 0.25) is 6.10 Å². The van der Waals surface area contributed by atoms with Crippen molar-refractivity contribution in [2.45, 2.75) is 37.5 Å². The Labute approximate surface area is 260 Å². The highest BCUT2D eigenvalue weighted by atomic mass is 35.5. The lowest BCUT2D eigenvalue weighted by Gasteiger charge is -2.50. The van der Waals surface area contributed by atoms with Crippen molar-refractivity contribution < 1.29 is 43.9 Å². The second kappa shape index (κ2) is 12.3. The molecule has 3 aromatic rings. The van der Waals surface area contributed by atoms with Gasteiger partial charge in [0.15, 0.2) is 10.8 Å². The molecule has 1 fully saturated rings. The number of pyridine rings is 1. The van der Waals surface area contributed by atoms with E-state index in [1.165, 1.54) is 18.7 Å². The van der Waals surface area contributed by atoms with Gasteiger partial charge in [-0.15, -0.1) is 11.8 Å². The number of carboxylic acids is 2. The average Bonchev–Trinajstić information content (AvgIpc) is 3.48. The van der Waals surface area contributed by atoms with Crippen LogP contribution in [0.2, 0.25) is 4.34 Å². The molecule has 232 valence electrons. The Morgan fingerprint density at radius 2 is 2.11 bits per heavy atom. The van der Waals surface area contributed by atoms with Crippen LogP contribution in [0.1, 0.15) is 12.6 Å². The van der Waals surface area contributed by atoms with Gasteiger partial charge in [-0.3, -0.25) is 19.1 Å². The van der Waals surface area contributed by atoms with Crippen LogP contribution in [0.4, 0.5) is 11.1 Å². The van der Waals surface area contributed by atoms with Crippen molar-refractivity contribution in [2.24, 2.45) is 5.16 Å². The molecule has 44 heavy (non-hydrogen) atoms. The highest BCUT2D eigenvalue weighted by Crippen LogP contribution is 2.40. The first kappa shape index (κ1) is 31.0. The molecule has 5 heterocycles. The number of hydrogen-bond donors (Lipinski definition) is 5. The van der Waals surface area contributed by atoms with Crippen LogP contribution in [-0.4, -0.2) is 89.0 Å². The maximum absolute atomic E-state index is 13.3. The van der Waals surface area contributed by atoms with Crippen LogP contribution in [0.25, 0.3) is 11.2 Å². The number of aliphatic hydroxyl groups is 1. The number of hydrogen-bond acceptors (Lipinski definition) is 14. The predicted molar refractivity (Wildman–Crippen MR) is 155 cm³/mol. The van der Waals surface area contributed by atoms with E-state index in [1.807, 2.05) is 0 Å². The monoisotopic (exact) mass is 665 g/mol. The number of nitrogen functional groups attached to an aromatic ring is 2. The zero-order chi connectivity index (χ0) is 31.9. The third kappa shape index (κ3) is 5.61. The normalized spacial score (nSPS) is 19.0. The highest BCUT2D eigenvalue weighted by molar-refractivity contribution is 8.00. The van der Waals surface area contributed by atoms with E-state index < -0.39 is 47.0 Å². The number of halogens is 1. The molecule has 0 saturated carbocycles. The number of imidazole rings is 1. The van der Waals surface area contributed by atoms with Gasteiger partial charge >= 0.3 is 17.6 Å². The lowest BCUT2D eigenvalue weighted by Crippen LogP contribution is -2.71. The minimum Gasteiger partial charge on any atom is -0.543 e. The summed E-state index contributed by atoms with van der Waals surface area (Å²) in [7, 11) is 0. The molecule has 2 aliphatic heterocycles. The Hall–Kier alpha value is -4.46. The van der Waals surface area contributed by atoms with Crippen LogP contribution >= 0.6 is 34.7 Å². The van der Waals surface area contributed by atoms with Crippen molar-refractivity contribution in [3.05, 3.63) is 39.6 Å². The molecule has 17 nitrogen and oxygen atoms in total. The molecule has 20 heteroatoms. The van der Waals surface area contributed by atoms with Crippen LogP contribution in [0, 0.1) is 0 Å². The molecule has 3 aromatic heterocycles. The molecule has 2 amide bonds. The van der Waals surface area contributed by atoms with Gasteiger partial charge in [0.25, 0.3) is 11.8 Å². The van der Waals surface area contributed by atoms with Crippen molar-refractivity contribution in [2.75, 3.05) is 23.8 Å². The Bertz CT molecular complexity index is 1760. The lowest BCUT2D eigenvalue weighted by molar-refractivity contribution is -0.664. The van der Waals surface area contributed by atoms with Crippen molar-refractivity contribution in [3.8, 4) is 0 Å². The number of nitrogens with zero attached hydrogens (tertiary/aromatic N) is 6. The molecule has 0 radical (unpaired) electrons. The molecular formula is C24H24ClN9O8S2. The first-order chi connectivity index (χ1) is 20.9. The van der Waals surface area contributed by atoms with Gasteiger partial charge in [-0.2, -0.15) is 0 Å². The SMILES string of the molecule is C[C@H](O/N=C(\C(=O)NC1C(=O)N2C(C(=O)[O-])=C(C[n+]3cccc4c3nc(N)n4CCO)CSC12)c1nc(N)sc1Cl)C(=O)O. The zero-order valence-corrected chi connectivity index (χ0v) is 25.1. The number of nitrogens with two attached hydrogens (primary N) is 2. The number of carbonyl (C=O) groups excluding carboxylic acids is 3. The minimum atomic E-state index is -1.58. The van der Waals surface area contributed by atoms with Gasteiger partial charge in [0.05, 0.1) is 31.0 Å². The van der Waals surface area contributed by atoms with E-state index in [1.54, 1.807) is 27.5 Å². The fourth-order valence-electron chi connectivity index (χ4n) is 4.66. The molecular weight excluding hydrogens is 642 g/mol. The zero-order valence-electron chi connectivity index (χ0n) is 22.7. The second-order valence-electron chi connectivity index (χ2n) is 9.49. The summed E-state index contributed by atoms with van der Waals surface area (Å²) in [6, 6.07) is 2.30. The summed E-state index contributed by atoms with van der Waals surface area (Å²) in [5.41, 5.74) is 12.1. The van der Waals surface area contributed by atoms with E-state index in [4.69, 9.17) is 33.0 Å². The smallest absolute Gasteiger partial charge is 0.351 e. The van der Waals surface area contributed by atoms with Crippen LogP contribution < -0.4 is 26.5 Å². The van der Waals surface area contributed by atoms with Gasteiger partial charge in [0, 0.05) is 11.3 Å². The Balaban J connectivity index is 1.40. The van der Waals surface area contributed by atoms with Crippen molar-refractivity contribution >= 4 is 86.4 Å². The summed E-state index contributed by atoms with van der Waals surface area (Å²) in [6.07, 6.45) is 0.250. The molecule has 0 aliphatic carbocycles. The Morgan fingerprint density at radius 1 is 1.36 bits per heavy atom. The lowest BCUT2D eigenvalue weighted by atomic mass is 10.0. The summed E-state index contributed by atoms with van der Waals surface area (Å²) in [5.74, 6) is -4.30. The number of carbonyl (C=O) groups is 4. The summed E-state index contributed by atoms with van der Waals surface area (Å²) >= 11 is 8.19. The molecule has 2 aliphatic rings. The van der Waals surface area contributed by atoms with Crippen LogP contribution in [0.5, 0.6) is 0 Å². The van der Waals surface area contributed by atoms with Crippen LogP contribution in [0.15, 0.2) is 34.8 Å². The largest absolute Gasteiger partial charge is 0.543 e. The number of thioether (sulfide) groups is 1. The number of rotatable bonds is 11. The van der Waals surface area contributed by atoms with E-state index in [0.29, 0.717) is 16.7 Å². The van der Waals surface area contributed by atoms with Crippen molar-refractivity contribution in [1.29, 1.82) is 0 Å². The minimum absolute atomic E-state index is 0.00167. The molecule has 1 saturated heterocycles. The van der Waals surface area contributed by atoms with E-state index in [0.717, 1.165) is 16.2 Å². The number of amides is 2. The third-order valence-electron chi connectivity index (χ3n) is 6.71. The number of oxime groups is 1. The average molecular weight is 666 g/mol. The summed E-state index contributed by atoms with van der Waals surface area (Å²) in [5, 5.41) is 36.1. The van der Waals surface area contributed by atoms with E-state index in [2.05, 4.69) is 20.4 Å². The second-order valence-corrected chi connectivity index (χ2v) is 12.2. The molecule has 3 atom stereocenters. The molecule has 7 N–H and O–H groups in total. The van der Waals surface area contributed by atoms with Gasteiger partial charge in [-0.1, -0.05) is 28.1 Å². The quantitative estimate of drug-likeness (QED) is 0.0637. The van der Waals surface area contributed by atoms with Crippen LogP contribution in [0.3, 0.4) is 0 Å². The number of β-lactam (4-membered cyclic amide) rings is 1. The van der Waals surface area contributed by atoms with Crippen molar-refractivity contribution in [3.63, 3.8) is 0 Å². The highest BCUT2D eigenvalue weighted by Gasteiger charge is 2.53.